The third-order valence-electron chi connectivity index (χ3n) is 1.81. The molecule has 0 fully saturated rings. The molecular formula is C10H13NO3. The predicted molar refractivity (Wildman–Crippen MR) is 50.8 cm³/mol. The Labute approximate surface area is 82.5 Å². The van der Waals surface area contributed by atoms with Crippen LogP contribution in [0.5, 0.6) is 0 Å². The van der Waals surface area contributed by atoms with Gasteiger partial charge in [0.2, 0.25) is 0 Å². The molecular weight excluding hydrogens is 182 g/mol. The third-order valence-corrected chi connectivity index (χ3v) is 1.81. The topological polar surface area (TPSA) is 59.4 Å². The number of hydrogen-bond donors (Lipinski definition) is 1. The molecule has 0 aromatic carbocycles. The van der Waals surface area contributed by atoms with Gasteiger partial charge in [0, 0.05) is 6.20 Å². The van der Waals surface area contributed by atoms with Crippen LogP contribution in [-0.4, -0.2) is 23.2 Å². The van der Waals surface area contributed by atoms with Crippen molar-refractivity contribution >= 4 is 5.97 Å². The SMILES string of the molecule is COC(=O)c1ccc(C(C)(C)O)nc1. The summed E-state index contributed by atoms with van der Waals surface area (Å²) in [5, 5.41) is 9.60. The minimum absolute atomic E-state index is 0.375. The molecule has 4 heteroatoms. The molecule has 0 bridgehead atoms. The molecule has 0 atom stereocenters. The van der Waals surface area contributed by atoms with Crippen LogP contribution in [-0.2, 0) is 10.3 Å². The van der Waals surface area contributed by atoms with Gasteiger partial charge in [-0.1, -0.05) is 0 Å². The number of nitrogens with zero attached hydrogens (tertiary/aromatic N) is 1. The van der Waals surface area contributed by atoms with E-state index >= 15 is 0 Å². The highest BCUT2D eigenvalue weighted by atomic mass is 16.5. The van der Waals surface area contributed by atoms with Crippen molar-refractivity contribution in [1.82, 2.24) is 4.98 Å². The molecule has 0 saturated heterocycles. The number of ether oxygens (including phenoxy) is 1. The number of aromatic nitrogens is 1. The second kappa shape index (κ2) is 3.75. The molecule has 0 radical (unpaired) electrons. The number of hydrogen-bond acceptors (Lipinski definition) is 4. The van der Waals surface area contributed by atoms with Crippen LogP contribution >= 0.6 is 0 Å². The summed E-state index contributed by atoms with van der Waals surface area (Å²) in [6.45, 7) is 3.26. The van der Waals surface area contributed by atoms with Gasteiger partial charge in [0.15, 0.2) is 0 Å². The molecule has 1 heterocycles. The van der Waals surface area contributed by atoms with E-state index in [1.807, 2.05) is 0 Å². The first-order valence-corrected chi connectivity index (χ1v) is 4.22. The van der Waals surface area contributed by atoms with Gasteiger partial charge in [-0.25, -0.2) is 4.79 Å². The van der Waals surface area contributed by atoms with Crippen LogP contribution in [0.4, 0.5) is 0 Å². The molecule has 0 aliphatic heterocycles. The highest BCUT2D eigenvalue weighted by Gasteiger charge is 2.17. The van der Waals surface area contributed by atoms with Crippen LogP contribution in [0.3, 0.4) is 0 Å². The lowest BCUT2D eigenvalue weighted by Crippen LogP contribution is -2.17. The largest absolute Gasteiger partial charge is 0.465 e. The number of methoxy groups -OCH3 is 1. The lowest BCUT2D eigenvalue weighted by Gasteiger charge is -2.15. The number of carbonyl (C=O) groups is 1. The van der Waals surface area contributed by atoms with Gasteiger partial charge in [-0.15, -0.1) is 0 Å². The Balaban J connectivity index is 2.95. The summed E-state index contributed by atoms with van der Waals surface area (Å²) in [6, 6.07) is 3.18. The van der Waals surface area contributed by atoms with E-state index in [-0.39, 0.29) is 0 Å². The molecule has 1 rings (SSSR count). The smallest absolute Gasteiger partial charge is 0.339 e. The molecule has 1 N–H and O–H groups in total. The molecule has 1 aromatic heterocycles. The fourth-order valence-corrected chi connectivity index (χ4v) is 0.994. The standard InChI is InChI=1S/C10H13NO3/c1-10(2,13)8-5-4-7(6-11-8)9(12)14-3/h4-6,13H,1-3H3. The van der Waals surface area contributed by atoms with Crippen LogP contribution < -0.4 is 0 Å². The average molecular weight is 195 g/mol. The van der Waals surface area contributed by atoms with Crippen molar-refractivity contribution in [2.45, 2.75) is 19.4 Å². The summed E-state index contributed by atoms with van der Waals surface area (Å²) >= 11 is 0. The van der Waals surface area contributed by atoms with Crippen LogP contribution in [0.2, 0.25) is 0 Å². The molecule has 0 spiro atoms. The molecule has 0 unspecified atom stereocenters. The molecule has 1 aromatic rings. The minimum Gasteiger partial charge on any atom is -0.465 e. The summed E-state index contributed by atoms with van der Waals surface area (Å²) in [6.07, 6.45) is 1.39. The van der Waals surface area contributed by atoms with Crippen molar-refractivity contribution in [2.75, 3.05) is 7.11 Å². The van der Waals surface area contributed by atoms with E-state index in [9.17, 15) is 9.90 Å². The fourth-order valence-electron chi connectivity index (χ4n) is 0.994. The zero-order valence-electron chi connectivity index (χ0n) is 8.44. The van der Waals surface area contributed by atoms with Gasteiger partial charge >= 0.3 is 5.97 Å². The quantitative estimate of drug-likeness (QED) is 0.718. The molecule has 4 nitrogen and oxygen atoms in total. The number of rotatable bonds is 2. The maximum atomic E-state index is 11.0. The first kappa shape index (κ1) is 10.7. The zero-order valence-corrected chi connectivity index (χ0v) is 8.44. The molecule has 14 heavy (non-hydrogen) atoms. The van der Waals surface area contributed by atoms with Gasteiger partial charge in [-0.05, 0) is 26.0 Å². The number of pyridine rings is 1. The molecule has 0 saturated carbocycles. The fraction of sp³-hybridized carbons (Fsp3) is 0.400. The summed E-state index contributed by atoms with van der Waals surface area (Å²) in [5.74, 6) is -0.431. The summed E-state index contributed by atoms with van der Waals surface area (Å²) in [7, 11) is 1.31. The maximum Gasteiger partial charge on any atom is 0.339 e. The van der Waals surface area contributed by atoms with Gasteiger partial charge in [0.25, 0.3) is 0 Å². The first-order chi connectivity index (χ1) is 6.45. The summed E-state index contributed by atoms with van der Waals surface area (Å²) < 4.78 is 4.52. The van der Waals surface area contributed by atoms with Crippen molar-refractivity contribution in [3.63, 3.8) is 0 Å². The number of esters is 1. The molecule has 0 aliphatic carbocycles. The van der Waals surface area contributed by atoms with E-state index in [0.717, 1.165) is 0 Å². The number of aliphatic hydroxyl groups is 1. The van der Waals surface area contributed by atoms with E-state index in [0.29, 0.717) is 11.3 Å². The molecule has 0 amide bonds. The third kappa shape index (κ3) is 2.29. The Morgan fingerprint density at radius 2 is 2.14 bits per heavy atom. The van der Waals surface area contributed by atoms with E-state index < -0.39 is 11.6 Å². The van der Waals surface area contributed by atoms with E-state index in [1.165, 1.54) is 13.3 Å². The van der Waals surface area contributed by atoms with Crippen molar-refractivity contribution in [3.8, 4) is 0 Å². The monoisotopic (exact) mass is 195 g/mol. The van der Waals surface area contributed by atoms with Gasteiger partial charge in [-0.3, -0.25) is 4.98 Å². The van der Waals surface area contributed by atoms with Crippen LogP contribution in [0.15, 0.2) is 18.3 Å². The Kier molecular flexibility index (Phi) is 2.86. The van der Waals surface area contributed by atoms with Crippen LogP contribution in [0.1, 0.15) is 29.9 Å². The van der Waals surface area contributed by atoms with Crippen molar-refractivity contribution < 1.29 is 14.6 Å². The summed E-state index contributed by atoms with van der Waals surface area (Å²) in [4.78, 5) is 15.0. The van der Waals surface area contributed by atoms with Gasteiger partial charge < -0.3 is 9.84 Å². The Morgan fingerprint density at radius 1 is 1.50 bits per heavy atom. The van der Waals surface area contributed by atoms with Crippen molar-refractivity contribution in [2.24, 2.45) is 0 Å². The highest BCUT2D eigenvalue weighted by Crippen LogP contribution is 2.16. The maximum absolute atomic E-state index is 11.0. The van der Waals surface area contributed by atoms with Crippen LogP contribution in [0.25, 0.3) is 0 Å². The lowest BCUT2D eigenvalue weighted by molar-refractivity contribution is 0.0596. The van der Waals surface area contributed by atoms with E-state index in [1.54, 1.807) is 26.0 Å². The number of carbonyl (C=O) groups excluding carboxylic acids is 1. The first-order valence-electron chi connectivity index (χ1n) is 4.22. The van der Waals surface area contributed by atoms with Gasteiger partial charge in [0.1, 0.15) is 5.60 Å². The highest BCUT2D eigenvalue weighted by molar-refractivity contribution is 5.88. The second-order valence-electron chi connectivity index (χ2n) is 3.48. The van der Waals surface area contributed by atoms with Crippen molar-refractivity contribution in [1.29, 1.82) is 0 Å². The Bertz CT molecular complexity index is 324. The predicted octanol–water partition coefficient (Wildman–Crippen LogP) is 1.10. The Morgan fingerprint density at radius 3 is 2.50 bits per heavy atom. The van der Waals surface area contributed by atoms with E-state index in [2.05, 4.69) is 9.72 Å². The Hall–Kier alpha value is -1.42. The second-order valence-corrected chi connectivity index (χ2v) is 3.48. The molecule has 0 aliphatic rings. The zero-order chi connectivity index (χ0) is 10.8. The minimum atomic E-state index is -0.991. The van der Waals surface area contributed by atoms with E-state index in [4.69, 9.17) is 0 Å². The average Bonchev–Trinajstić information content (AvgIpc) is 2.15. The normalized spacial score (nSPS) is 11.1. The van der Waals surface area contributed by atoms with Gasteiger partial charge in [0.05, 0.1) is 18.4 Å². The van der Waals surface area contributed by atoms with Crippen molar-refractivity contribution in [3.05, 3.63) is 29.6 Å². The van der Waals surface area contributed by atoms with Gasteiger partial charge in [-0.2, -0.15) is 0 Å². The summed E-state index contributed by atoms with van der Waals surface area (Å²) in [5.41, 5.74) is -0.0973. The molecule has 76 valence electrons. The lowest BCUT2D eigenvalue weighted by atomic mass is 10.0. The van der Waals surface area contributed by atoms with Crippen LogP contribution in [0, 0.1) is 0 Å².